The third kappa shape index (κ3) is 3.98. The standard InChI is InChI=1S/C16H23ClN4OS/c1-11(2)21(10-22)14-5-15(17)19-6-13(14)16(18-3)20-7-12(8-20)9-23-4/h5-6,10-12H,7-9H2,1-4H3/b18-16+. The molecule has 1 amide bonds. The smallest absolute Gasteiger partial charge is 0.214 e. The molecule has 1 saturated heterocycles. The average molecular weight is 355 g/mol. The third-order valence-corrected chi connectivity index (χ3v) is 4.92. The molecule has 0 spiro atoms. The van der Waals surface area contributed by atoms with Crippen molar-refractivity contribution in [3.63, 3.8) is 0 Å². The molecule has 0 bridgehead atoms. The van der Waals surface area contributed by atoms with Gasteiger partial charge in [-0.05, 0) is 25.9 Å². The highest BCUT2D eigenvalue weighted by Gasteiger charge is 2.31. The van der Waals surface area contributed by atoms with Crippen LogP contribution in [-0.4, -0.2) is 60.3 Å². The van der Waals surface area contributed by atoms with Gasteiger partial charge in [0.25, 0.3) is 0 Å². The molecule has 0 atom stereocenters. The Kier molecular flexibility index (Phi) is 6.30. The highest BCUT2D eigenvalue weighted by atomic mass is 35.5. The van der Waals surface area contributed by atoms with Gasteiger partial charge in [-0.2, -0.15) is 11.8 Å². The van der Waals surface area contributed by atoms with Crippen LogP contribution in [-0.2, 0) is 4.79 Å². The van der Waals surface area contributed by atoms with E-state index in [2.05, 4.69) is 21.1 Å². The molecule has 126 valence electrons. The van der Waals surface area contributed by atoms with E-state index in [1.54, 1.807) is 24.2 Å². The zero-order chi connectivity index (χ0) is 17.0. The number of nitrogens with zero attached hydrogens (tertiary/aromatic N) is 4. The lowest BCUT2D eigenvalue weighted by atomic mass is 10.0. The normalized spacial score (nSPS) is 15.7. The Balaban J connectivity index is 2.32. The molecule has 0 unspecified atom stereocenters. The summed E-state index contributed by atoms with van der Waals surface area (Å²) < 4.78 is 0. The van der Waals surface area contributed by atoms with Gasteiger partial charge in [-0.25, -0.2) is 4.98 Å². The lowest BCUT2D eigenvalue weighted by Crippen LogP contribution is -2.51. The first-order valence-corrected chi connectivity index (χ1v) is 9.39. The van der Waals surface area contributed by atoms with E-state index in [0.29, 0.717) is 11.1 Å². The Bertz CT molecular complexity index is 587. The van der Waals surface area contributed by atoms with Gasteiger partial charge in [0.2, 0.25) is 6.41 Å². The fourth-order valence-electron chi connectivity index (χ4n) is 2.78. The molecule has 7 heteroatoms. The maximum Gasteiger partial charge on any atom is 0.214 e. The second-order valence-corrected chi connectivity index (χ2v) is 7.20. The van der Waals surface area contributed by atoms with Gasteiger partial charge in [-0.3, -0.25) is 9.79 Å². The van der Waals surface area contributed by atoms with E-state index in [9.17, 15) is 4.79 Å². The number of hydrogen-bond donors (Lipinski definition) is 0. The molecular weight excluding hydrogens is 332 g/mol. The maximum atomic E-state index is 11.5. The summed E-state index contributed by atoms with van der Waals surface area (Å²) in [7, 11) is 1.77. The number of rotatable bonds is 6. The topological polar surface area (TPSA) is 48.8 Å². The van der Waals surface area contributed by atoms with Crippen LogP contribution in [0.15, 0.2) is 17.3 Å². The monoisotopic (exact) mass is 354 g/mol. The van der Waals surface area contributed by atoms with E-state index in [1.165, 1.54) is 0 Å². The van der Waals surface area contributed by atoms with Crippen LogP contribution in [0.5, 0.6) is 0 Å². The summed E-state index contributed by atoms with van der Waals surface area (Å²) in [5, 5.41) is 0.371. The molecule has 2 rings (SSSR count). The Morgan fingerprint density at radius 1 is 1.61 bits per heavy atom. The maximum absolute atomic E-state index is 11.5. The molecule has 0 N–H and O–H groups in total. The van der Waals surface area contributed by atoms with Gasteiger partial charge in [0, 0.05) is 44.4 Å². The van der Waals surface area contributed by atoms with E-state index in [4.69, 9.17) is 11.6 Å². The summed E-state index contributed by atoms with van der Waals surface area (Å²) >= 11 is 7.92. The number of aliphatic imine (C=N–C) groups is 1. The summed E-state index contributed by atoms with van der Waals surface area (Å²) in [5.41, 5.74) is 1.60. The molecule has 1 aromatic heterocycles. The number of amidine groups is 1. The van der Waals surface area contributed by atoms with E-state index < -0.39 is 0 Å². The van der Waals surface area contributed by atoms with Crippen molar-refractivity contribution in [2.45, 2.75) is 19.9 Å². The molecule has 1 aliphatic rings. The lowest BCUT2D eigenvalue weighted by Gasteiger charge is -2.42. The lowest BCUT2D eigenvalue weighted by molar-refractivity contribution is -0.107. The predicted molar refractivity (Wildman–Crippen MR) is 98.8 cm³/mol. The number of halogens is 1. The van der Waals surface area contributed by atoms with Gasteiger partial charge < -0.3 is 9.80 Å². The number of hydrogen-bond acceptors (Lipinski definition) is 4. The Morgan fingerprint density at radius 3 is 2.83 bits per heavy atom. The minimum Gasteiger partial charge on any atom is -0.356 e. The first-order valence-electron chi connectivity index (χ1n) is 7.62. The molecule has 0 saturated carbocycles. The van der Waals surface area contributed by atoms with E-state index >= 15 is 0 Å². The Morgan fingerprint density at radius 2 is 2.30 bits per heavy atom. The van der Waals surface area contributed by atoms with E-state index in [1.807, 2.05) is 25.6 Å². The van der Waals surface area contributed by atoms with Crippen molar-refractivity contribution in [3.05, 3.63) is 23.0 Å². The quantitative estimate of drug-likeness (QED) is 0.341. The summed E-state index contributed by atoms with van der Waals surface area (Å²) in [4.78, 5) is 24.1. The minimum absolute atomic E-state index is 0.0310. The molecule has 5 nitrogen and oxygen atoms in total. The zero-order valence-electron chi connectivity index (χ0n) is 14.0. The number of thioether (sulfide) groups is 1. The summed E-state index contributed by atoms with van der Waals surface area (Å²) in [6.07, 6.45) is 4.67. The van der Waals surface area contributed by atoms with Crippen LogP contribution in [0.1, 0.15) is 19.4 Å². The van der Waals surface area contributed by atoms with Crippen molar-refractivity contribution in [1.82, 2.24) is 9.88 Å². The van der Waals surface area contributed by atoms with Crippen molar-refractivity contribution in [1.29, 1.82) is 0 Å². The first kappa shape index (κ1) is 18.1. The number of aromatic nitrogens is 1. The highest BCUT2D eigenvalue weighted by Crippen LogP contribution is 2.29. The molecule has 0 aromatic carbocycles. The number of pyridine rings is 1. The molecular formula is C16H23ClN4OS. The highest BCUT2D eigenvalue weighted by molar-refractivity contribution is 7.98. The van der Waals surface area contributed by atoms with E-state index in [-0.39, 0.29) is 6.04 Å². The summed E-state index contributed by atoms with van der Waals surface area (Å²) in [6, 6.07) is 1.76. The van der Waals surface area contributed by atoms with Crippen LogP contribution >= 0.6 is 23.4 Å². The van der Waals surface area contributed by atoms with Gasteiger partial charge >= 0.3 is 0 Å². The molecule has 0 radical (unpaired) electrons. The molecule has 1 aliphatic heterocycles. The zero-order valence-corrected chi connectivity index (χ0v) is 15.6. The van der Waals surface area contributed by atoms with Gasteiger partial charge in [0.15, 0.2) is 0 Å². The van der Waals surface area contributed by atoms with Crippen LogP contribution < -0.4 is 4.90 Å². The Labute approximate surface area is 147 Å². The van der Waals surface area contributed by atoms with Crippen LogP contribution in [0.2, 0.25) is 5.15 Å². The summed E-state index contributed by atoms with van der Waals surface area (Å²) in [5.74, 6) is 2.72. The number of amides is 1. The molecule has 0 aliphatic carbocycles. The van der Waals surface area contributed by atoms with Gasteiger partial charge in [-0.1, -0.05) is 11.6 Å². The first-order chi connectivity index (χ1) is 11.0. The molecule has 1 aromatic rings. The fourth-order valence-corrected chi connectivity index (χ4v) is 3.61. The fraction of sp³-hybridized carbons (Fsp3) is 0.562. The van der Waals surface area contributed by atoms with Crippen LogP contribution in [0, 0.1) is 5.92 Å². The van der Waals surface area contributed by atoms with Crippen molar-refractivity contribution in [2.75, 3.05) is 37.0 Å². The third-order valence-electron chi connectivity index (χ3n) is 3.91. The Hall–Kier alpha value is -1.27. The SMILES string of the molecule is C/N=C(\c1cnc(Cl)cc1N(C=O)C(C)C)N1CC(CSC)C1. The number of carbonyl (C=O) groups is 1. The number of likely N-dealkylation sites (tertiary alicyclic amines) is 1. The van der Waals surface area contributed by atoms with Crippen LogP contribution in [0.25, 0.3) is 0 Å². The minimum atomic E-state index is 0.0310. The number of carbonyl (C=O) groups excluding carboxylic acids is 1. The van der Waals surface area contributed by atoms with Crippen molar-refractivity contribution < 1.29 is 4.79 Å². The van der Waals surface area contributed by atoms with Crippen molar-refractivity contribution >= 4 is 41.3 Å². The van der Waals surface area contributed by atoms with Gasteiger partial charge in [-0.15, -0.1) is 0 Å². The van der Waals surface area contributed by atoms with Crippen molar-refractivity contribution in [3.8, 4) is 0 Å². The molecule has 1 fully saturated rings. The van der Waals surface area contributed by atoms with Gasteiger partial charge in [0.05, 0.1) is 11.3 Å². The largest absolute Gasteiger partial charge is 0.356 e. The second kappa shape index (κ2) is 8.02. The van der Waals surface area contributed by atoms with Crippen LogP contribution in [0.4, 0.5) is 5.69 Å². The van der Waals surface area contributed by atoms with E-state index in [0.717, 1.165) is 42.3 Å². The number of anilines is 1. The molecule has 23 heavy (non-hydrogen) atoms. The summed E-state index contributed by atoms with van der Waals surface area (Å²) in [6.45, 7) is 5.90. The second-order valence-electron chi connectivity index (χ2n) is 5.90. The van der Waals surface area contributed by atoms with Crippen LogP contribution in [0.3, 0.4) is 0 Å². The predicted octanol–water partition coefficient (Wildman–Crippen LogP) is 2.78. The van der Waals surface area contributed by atoms with Gasteiger partial charge in [0.1, 0.15) is 11.0 Å². The molecule has 2 heterocycles. The van der Waals surface area contributed by atoms with Crippen molar-refractivity contribution in [2.24, 2.45) is 10.9 Å². The average Bonchev–Trinajstić information content (AvgIpc) is 2.47.